The van der Waals surface area contributed by atoms with Crippen LogP contribution in [0.2, 0.25) is 0 Å². The quantitative estimate of drug-likeness (QED) is 0.659. The van der Waals surface area contributed by atoms with Crippen LogP contribution in [0.15, 0.2) is 0 Å². The average Bonchev–Trinajstić information content (AvgIpc) is 2.43. The molecule has 0 spiro atoms. The maximum Gasteiger partial charge on any atom is 0.306 e. The van der Waals surface area contributed by atoms with E-state index < -0.39 is 18.3 Å². The molecule has 1 fully saturated rings. The second-order valence-corrected chi connectivity index (χ2v) is 2.57. The summed E-state index contributed by atoms with van der Waals surface area (Å²) >= 11 is 0. The van der Waals surface area contributed by atoms with Crippen molar-refractivity contribution in [1.82, 2.24) is 0 Å². The largest absolute Gasteiger partial charge is 0.481 e. The third kappa shape index (κ3) is 1.65. The van der Waals surface area contributed by atoms with E-state index in [2.05, 4.69) is 0 Å². The highest BCUT2D eigenvalue weighted by molar-refractivity contribution is 5.73. The highest BCUT2D eigenvalue weighted by Gasteiger charge is 2.44. The Labute approximate surface area is 56.8 Å². The molecule has 0 heterocycles. The zero-order valence-electron chi connectivity index (χ0n) is 5.26. The molecule has 4 heteroatoms. The van der Waals surface area contributed by atoms with E-state index in [1.807, 2.05) is 0 Å². The van der Waals surface area contributed by atoms with Gasteiger partial charge in [-0.25, -0.2) is 8.78 Å². The molecule has 1 aliphatic carbocycles. The first-order chi connectivity index (χ1) is 4.61. The Balaban J connectivity index is 2.20. The predicted octanol–water partition coefficient (Wildman–Crippen LogP) is 1.36. The first-order valence-electron chi connectivity index (χ1n) is 3.12. The number of hydrogen-bond donors (Lipinski definition) is 1. The van der Waals surface area contributed by atoms with Crippen molar-refractivity contribution in [3.63, 3.8) is 0 Å². The normalized spacial score (nSPS) is 30.7. The fourth-order valence-electron chi connectivity index (χ4n) is 1.04. The molecular weight excluding hydrogens is 142 g/mol. The van der Waals surface area contributed by atoms with E-state index in [9.17, 15) is 13.6 Å². The molecule has 0 unspecified atom stereocenters. The number of halogens is 2. The summed E-state index contributed by atoms with van der Waals surface area (Å²) in [6, 6.07) is 0. The Bertz CT molecular complexity index is 147. The van der Waals surface area contributed by atoms with E-state index in [4.69, 9.17) is 5.11 Å². The van der Waals surface area contributed by atoms with Crippen LogP contribution in [0.5, 0.6) is 0 Å². The Morgan fingerprint density at radius 1 is 1.70 bits per heavy atom. The topological polar surface area (TPSA) is 37.3 Å². The van der Waals surface area contributed by atoms with Crippen molar-refractivity contribution < 1.29 is 18.7 Å². The molecule has 1 rings (SSSR count). The molecule has 0 aromatic rings. The smallest absolute Gasteiger partial charge is 0.306 e. The summed E-state index contributed by atoms with van der Waals surface area (Å²) in [6.45, 7) is 0. The van der Waals surface area contributed by atoms with Gasteiger partial charge in [0.05, 0.1) is 5.92 Å². The molecule has 0 aromatic heterocycles. The van der Waals surface area contributed by atoms with Crippen LogP contribution in [0, 0.1) is 11.8 Å². The molecule has 1 aliphatic rings. The van der Waals surface area contributed by atoms with Crippen molar-refractivity contribution in [2.75, 3.05) is 0 Å². The van der Waals surface area contributed by atoms with Crippen LogP contribution in [0.4, 0.5) is 8.78 Å². The number of rotatable bonds is 3. The van der Waals surface area contributed by atoms with E-state index in [1.54, 1.807) is 0 Å². The number of carbonyl (C=O) groups is 1. The second-order valence-electron chi connectivity index (χ2n) is 2.57. The lowest BCUT2D eigenvalue weighted by Crippen LogP contribution is -2.01. The molecule has 0 radical (unpaired) electrons. The van der Waals surface area contributed by atoms with Gasteiger partial charge < -0.3 is 5.11 Å². The Morgan fingerprint density at radius 3 is 2.60 bits per heavy atom. The predicted molar refractivity (Wildman–Crippen MR) is 29.9 cm³/mol. The van der Waals surface area contributed by atoms with E-state index >= 15 is 0 Å². The second kappa shape index (κ2) is 2.52. The zero-order valence-corrected chi connectivity index (χ0v) is 5.26. The zero-order chi connectivity index (χ0) is 7.72. The number of aliphatic carboxylic acids is 1. The summed E-state index contributed by atoms with van der Waals surface area (Å²) in [5, 5.41) is 8.29. The van der Waals surface area contributed by atoms with Gasteiger partial charge in [0.2, 0.25) is 6.43 Å². The Kier molecular flexibility index (Phi) is 1.87. The molecular formula is C6H8F2O2. The molecule has 0 aliphatic heterocycles. The molecule has 0 saturated heterocycles. The van der Waals surface area contributed by atoms with Crippen LogP contribution >= 0.6 is 0 Å². The van der Waals surface area contributed by atoms with Crippen LogP contribution in [0.25, 0.3) is 0 Å². The van der Waals surface area contributed by atoms with E-state index in [0.717, 1.165) is 0 Å². The average molecular weight is 150 g/mol. The van der Waals surface area contributed by atoms with E-state index in [0.29, 0.717) is 6.42 Å². The molecule has 58 valence electrons. The maximum atomic E-state index is 11.6. The monoisotopic (exact) mass is 150 g/mol. The van der Waals surface area contributed by atoms with Gasteiger partial charge in [0.1, 0.15) is 0 Å². The summed E-state index contributed by atoms with van der Waals surface area (Å²) in [7, 11) is 0. The van der Waals surface area contributed by atoms with Crippen LogP contribution < -0.4 is 0 Å². The van der Waals surface area contributed by atoms with Gasteiger partial charge in [-0.15, -0.1) is 0 Å². The van der Waals surface area contributed by atoms with Gasteiger partial charge in [-0.1, -0.05) is 0 Å². The Hall–Kier alpha value is -0.670. The first kappa shape index (κ1) is 7.44. The van der Waals surface area contributed by atoms with Crippen molar-refractivity contribution in [3.8, 4) is 0 Å². The number of carboxylic acids is 1. The summed E-state index contributed by atoms with van der Waals surface area (Å²) in [5.74, 6) is -1.70. The van der Waals surface area contributed by atoms with Crippen LogP contribution in [0.3, 0.4) is 0 Å². The van der Waals surface area contributed by atoms with Gasteiger partial charge in [-0.3, -0.25) is 4.79 Å². The van der Waals surface area contributed by atoms with Gasteiger partial charge in [0.25, 0.3) is 0 Å². The van der Waals surface area contributed by atoms with Crippen molar-refractivity contribution in [2.24, 2.45) is 11.8 Å². The molecule has 0 amide bonds. The molecule has 0 aromatic carbocycles. The number of hydrogen-bond acceptors (Lipinski definition) is 1. The lowest BCUT2D eigenvalue weighted by atomic mass is 10.2. The summed E-state index contributed by atoms with van der Waals surface area (Å²) in [6.07, 6.45) is -2.18. The molecule has 10 heavy (non-hydrogen) atoms. The van der Waals surface area contributed by atoms with Crippen LogP contribution in [-0.2, 0) is 4.79 Å². The standard InChI is InChI=1S/C6H8F2O2/c7-5(8)2-3-1-4(3)6(9)10/h3-5H,1-2H2,(H,9,10)/t3-,4+/m0/s1. The molecule has 0 bridgehead atoms. The summed E-state index contributed by atoms with van der Waals surface area (Å²) in [5.41, 5.74) is 0. The van der Waals surface area contributed by atoms with Gasteiger partial charge >= 0.3 is 5.97 Å². The van der Waals surface area contributed by atoms with Gasteiger partial charge in [0.15, 0.2) is 0 Å². The minimum atomic E-state index is -2.35. The molecule has 1 N–H and O–H groups in total. The third-order valence-corrected chi connectivity index (χ3v) is 1.72. The maximum absolute atomic E-state index is 11.6. The van der Waals surface area contributed by atoms with Crippen LogP contribution in [-0.4, -0.2) is 17.5 Å². The van der Waals surface area contributed by atoms with Crippen molar-refractivity contribution in [3.05, 3.63) is 0 Å². The van der Waals surface area contributed by atoms with Gasteiger partial charge in [-0.05, 0) is 12.3 Å². The van der Waals surface area contributed by atoms with E-state index in [1.165, 1.54) is 0 Å². The van der Waals surface area contributed by atoms with Gasteiger partial charge in [0, 0.05) is 6.42 Å². The first-order valence-corrected chi connectivity index (χ1v) is 3.12. The van der Waals surface area contributed by atoms with Crippen molar-refractivity contribution in [2.45, 2.75) is 19.3 Å². The lowest BCUT2D eigenvalue weighted by Gasteiger charge is -1.93. The highest BCUT2D eigenvalue weighted by Crippen LogP contribution is 2.42. The number of carboxylic acid groups (broad SMARTS) is 1. The van der Waals surface area contributed by atoms with Crippen molar-refractivity contribution in [1.29, 1.82) is 0 Å². The minimum Gasteiger partial charge on any atom is -0.481 e. The third-order valence-electron chi connectivity index (χ3n) is 1.72. The summed E-state index contributed by atoms with van der Waals surface area (Å²) in [4.78, 5) is 10.1. The van der Waals surface area contributed by atoms with E-state index in [-0.39, 0.29) is 12.3 Å². The SMILES string of the molecule is O=C(O)[C@@H]1C[C@H]1CC(F)F. The van der Waals surface area contributed by atoms with Gasteiger partial charge in [-0.2, -0.15) is 0 Å². The molecule has 1 saturated carbocycles. The lowest BCUT2D eigenvalue weighted by molar-refractivity contribution is -0.138. The molecule has 2 nitrogen and oxygen atoms in total. The highest BCUT2D eigenvalue weighted by atomic mass is 19.3. The fourth-order valence-corrected chi connectivity index (χ4v) is 1.04. The molecule has 2 atom stereocenters. The minimum absolute atomic E-state index is 0.253. The number of alkyl halides is 2. The van der Waals surface area contributed by atoms with Crippen LogP contribution in [0.1, 0.15) is 12.8 Å². The fraction of sp³-hybridized carbons (Fsp3) is 0.833. The van der Waals surface area contributed by atoms with Crippen molar-refractivity contribution >= 4 is 5.97 Å². The Morgan fingerprint density at radius 2 is 2.30 bits per heavy atom. The summed E-state index contributed by atoms with van der Waals surface area (Å²) < 4.78 is 23.1.